The fourth-order valence-electron chi connectivity index (χ4n) is 2.83. The van der Waals surface area contributed by atoms with Gasteiger partial charge in [-0.15, -0.1) is 0 Å². The molecule has 1 saturated carbocycles. The fraction of sp³-hybridized carbons (Fsp3) is 0.600. The molecule has 1 aromatic rings. The zero-order chi connectivity index (χ0) is 13.0. The SMILES string of the molecule is CCC(NC1CCCC1SC)c1cccc(Cl)c1. The van der Waals surface area contributed by atoms with Gasteiger partial charge in [0.1, 0.15) is 0 Å². The van der Waals surface area contributed by atoms with Crippen LogP contribution in [-0.4, -0.2) is 17.5 Å². The van der Waals surface area contributed by atoms with Crippen molar-refractivity contribution in [1.82, 2.24) is 5.32 Å². The molecule has 0 amide bonds. The van der Waals surface area contributed by atoms with E-state index in [9.17, 15) is 0 Å². The molecule has 0 bridgehead atoms. The van der Waals surface area contributed by atoms with Gasteiger partial charge in [0.25, 0.3) is 0 Å². The Morgan fingerprint density at radius 3 is 2.94 bits per heavy atom. The van der Waals surface area contributed by atoms with Crippen LogP contribution in [-0.2, 0) is 0 Å². The summed E-state index contributed by atoms with van der Waals surface area (Å²) in [5, 5.41) is 5.44. The number of thioether (sulfide) groups is 1. The Balaban J connectivity index is 2.05. The maximum Gasteiger partial charge on any atom is 0.0409 e. The number of hydrogen-bond acceptors (Lipinski definition) is 2. The predicted molar refractivity (Wildman–Crippen MR) is 82.6 cm³/mol. The van der Waals surface area contributed by atoms with E-state index >= 15 is 0 Å². The Bertz CT molecular complexity index is 383. The third kappa shape index (κ3) is 3.43. The van der Waals surface area contributed by atoms with Crippen molar-refractivity contribution in [2.75, 3.05) is 6.26 Å². The second-order valence-electron chi connectivity index (χ2n) is 4.99. The Hall–Kier alpha value is -0.180. The first-order valence-corrected chi connectivity index (χ1v) is 8.45. The molecule has 1 fully saturated rings. The molecular weight excluding hydrogens is 262 g/mol. The van der Waals surface area contributed by atoms with E-state index in [1.807, 2.05) is 23.9 Å². The van der Waals surface area contributed by atoms with E-state index in [2.05, 4.69) is 30.6 Å². The van der Waals surface area contributed by atoms with Crippen LogP contribution in [0.3, 0.4) is 0 Å². The number of halogens is 1. The Kier molecular flexibility index (Phi) is 5.40. The van der Waals surface area contributed by atoms with Gasteiger partial charge in [0.2, 0.25) is 0 Å². The summed E-state index contributed by atoms with van der Waals surface area (Å²) in [6, 6.07) is 9.34. The minimum atomic E-state index is 0.432. The molecule has 100 valence electrons. The summed E-state index contributed by atoms with van der Waals surface area (Å²) in [7, 11) is 0. The molecule has 0 saturated heterocycles. The molecule has 0 heterocycles. The van der Waals surface area contributed by atoms with Crippen molar-refractivity contribution in [3.05, 3.63) is 34.9 Å². The fourth-order valence-corrected chi connectivity index (χ4v) is 3.97. The van der Waals surface area contributed by atoms with E-state index in [1.165, 1.54) is 24.8 Å². The van der Waals surface area contributed by atoms with Crippen LogP contribution in [0.2, 0.25) is 5.02 Å². The third-order valence-electron chi connectivity index (χ3n) is 3.83. The van der Waals surface area contributed by atoms with Gasteiger partial charge in [-0.05, 0) is 43.2 Å². The van der Waals surface area contributed by atoms with Crippen LogP contribution in [0.15, 0.2) is 24.3 Å². The lowest BCUT2D eigenvalue weighted by atomic mass is 10.0. The van der Waals surface area contributed by atoms with Crippen molar-refractivity contribution < 1.29 is 0 Å². The van der Waals surface area contributed by atoms with E-state index in [1.54, 1.807) is 0 Å². The van der Waals surface area contributed by atoms with E-state index in [0.29, 0.717) is 12.1 Å². The van der Waals surface area contributed by atoms with Crippen LogP contribution in [0.4, 0.5) is 0 Å². The summed E-state index contributed by atoms with van der Waals surface area (Å²) in [5.41, 5.74) is 1.32. The monoisotopic (exact) mass is 283 g/mol. The van der Waals surface area contributed by atoms with Crippen LogP contribution in [0.5, 0.6) is 0 Å². The average Bonchev–Trinajstić information content (AvgIpc) is 2.83. The summed E-state index contributed by atoms with van der Waals surface area (Å²) < 4.78 is 0. The predicted octanol–water partition coefficient (Wildman–Crippen LogP) is 4.66. The van der Waals surface area contributed by atoms with Gasteiger partial charge in [0, 0.05) is 22.4 Å². The average molecular weight is 284 g/mol. The second kappa shape index (κ2) is 6.83. The summed E-state index contributed by atoms with van der Waals surface area (Å²) >= 11 is 8.09. The summed E-state index contributed by atoms with van der Waals surface area (Å²) in [4.78, 5) is 0. The summed E-state index contributed by atoms with van der Waals surface area (Å²) in [5.74, 6) is 0. The van der Waals surface area contributed by atoms with Crippen molar-refractivity contribution in [3.63, 3.8) is 0 Å². The minimum Gasteiger partial charge on any atom is -0.306 e. The molecule has 3 unspecified atom stereocenters. The zero-order valence-electron chi connectivity index (χ0n) is 11.2. The highest BCUT2D eigenvalue weighted by Gasteiger charge is 2.28. The molecule has 3 heteroatoms. The molecule has 3 atom stereocenters. The van der Waals surface area contributed by atoms with Crippen molar-refractivity contribution in [1.29, 1.82) is 0 Å². The molecule has 1 N–H and O–H groups in total. The van der Waals surface area contributed by atoms with Gasteiger partial charge in [0.05, 0.1) is 0 Å². The van der Waals surface area contributed by atoms with E-state index in [-0.39, 0.29) is 0 Å². The highest BCUT2D eigenvalue weighted by Crippen LogP contribution is 2.31. The van der Waals surface area contributed by atoms with E-state index < -0.39 is 0 Å². The molecule has 2 rings (SSSR count). The van der Waals surface area contributed by atoms with Crippen LogP contribution < -0.4 is 5.32 Å². The Morgan fingerprint density at radius 1 is 1.44 bits per heavy atom. The maximum atomic E-state index is 6.09. The van der Waals surface area contributed by atoms with Crippen molar-refractivity contribution >= 4 is 23.4 Å². The van der Waals surface area contributed by atoms with Gasteiger partial charge in [0.15, 0.2) is 0 Å². The summed E-state index contributed by atoms with van der Waals surface area (Å²) in [6.07, 6.45) is 7.35. The standard InChI is InChI=1S/C15H22ClNS/c1-3-13(11-6-4-7-12(16)10-11)17-14-8-5-9-15(14)18-2/h4,6-7,10,13-15,17H,3,5,8-9H2,1-2H3. The topological polar surface area (TPSA) is 12.0 Å². The van der Waals surface area contributed by atoms with Crippen molar-refractivity contribution in [2.24, 2.45) is 0 Å². The van der Waals surface area contributed by atoms with Crippen LogP contribution in [0.1, 0.15) is 44.2 Å². The first-order chi connectivity index (χ1) is 8.74. The molecule has 0 spiro atoms. The first kappa shape index (κ1) is 14.2. The zero-order valence-corrected chi connectivity index (χ0v) is 12.7. The minimum absolute atomic E-state index is 0.432. The van der Waals surface area contributed by atoms with Gasteiger partial charge in [-0.1, -0.05) is 37.1 Å². The first-order valence-electron chi connectivity index (χ1n) is 6.79. The highest BCUT2D eigenvalue weighted by molar-refractivity contribution is 7.99. The van der Waals surface area contributed by atoms with Gasteiger partial charge >= 0.3 is 0 Å². The number of rotatable bonds is 5. The summed E-state index contributed by atoms with van der Waals surface area (Å²) in [6.45, 7) is 2.24. The quantitative estimate of drug-likeness (QED) is 0.843. The normalized spacial score (nSPS) is 25.3. The highest BCUT2D eigenvalue weighted by atomic mass is 35.5. The molecule has 0 aromatic heterocycles. The molecular formula is C15H22ClNS. The van der Waals surface area contributed by atoms with Crippen LogP contribution in [0, 0.1) is 0 Å². The van der Waals surface area contributed by atoms with Gasteiger partial charge in [-0.3, -0.25) is 0 Å². The van der Waals surface area contributed by atoms with Crippen LogP contribution >= 0.6 is 23.4 Å². The lowest BCUT2D eigenvalue weighted by Gasteiger charge is -2.26. The largest absolute Gasteiger partial charge is 0.306 e. The molecule has 1 aromatic carbocycles. The van der Waals surface area contributed by atoms with E-state index in [0.717, 1.165) is 16.7 Å². The lowest BCUT2D eigenvalue weighted by molar-refractivity contribution is 0.435. The van der Waals surface area contributed by atoms with Crippen LogP contribution in [0.25, 0.3) is 0 Å². The number of hydrogen-bond donors (Lipinski definition) is 1. The molecule has 1 aliphatic carbocycles. The maximum absolute atomic E-state index is 6.09. The molecule has 1 nitrogen and oxygen atoms in total. The molecule has 18 heavy (non-hydrogen) atoms. The Morgan fingerprint density at radius 2 is 2.28 bits per heavy atom. The molecule has 1 aliphatic rings. The van der Waals surface area contributed by atoms with Crippen molar-refractivity contribution in [2.45, 2.75) is 49.9 Å². The smallest absolute Gasteiger partial charge is 0.0409 e. The van der Waals surface area contributed by atoms with Gasteiger partial charge < -0.3 is 5.32 Å². The number of benzene rings is 1. The van der Waals surface area contributed by atoms with Crippen molar-refractivity contribution in [3.8, 4) is 0 Å². The third-order valence-corrected chi connectivity index (χ3v) is 5.23. The van der Waals surface area contributed by atoms with Gasteiger partial charge in [-0.25, -0.2) is 0 Å². The molecule has 0 aliphatic heterocycles. The number of nitrogens with one attached hydrogen (secondary N) is 1. The Labute approximate surface area is 120 Å². The van der Waals surface area contributed by atoms with Gasteiger partial charge in [-0.2, -0.15) is 11.8 Å². The lowest BCUT2D eigenvalue weighted by Crippen LogP contribution is -2.36. The second-order valence-corrected chi connectivity index (χ2v) is 6.51. The van der Waals surface area contributed by atoms with E-state index in [4.69, 9.17) is 11.6 Å². The molecule has 0 radical (unpaired) electrons.